The summed E-state index contributed by atoms with van der Waals surface area (Å²) in [4.78, 5) is 0.836. The second-order valence-electron chi connectivity index (χ2n) is 3.83. The predicted molar refractivity (Wildman–Crippen MR) is 78.7 cm³/mol. The molecule has 1 rings (SSSR count). The number of benzene rings is 1. The average Bonchev–Trinajstić information content (AvgIpc) is 2.44. The summed E-state index contributed by atoms with van der Waals surface area (Å²) >= 11 is 5.12. The summed E-state index contributed by atoms with van der Waals surface area (Å²) in [6.07, 6.45) is 1.65. The van der Waals surface area contributed by atoms with E-state index in [0.717, 1.165) is 23.4 Å². The Balaban J connectivity index is 2.77. The maximum atomic E-state index is 8.54. The van der Waals surface area contributed by atoms with E-state index in [0.29, 0.717) is 18.1 Å². The van der Waals surface area contributed by atoms with Crippen molar-refractivity contribution in [3.05, 3.63) is 23.8 Å². The summed E-state index contributed by atoms with van der Waals surface area (Å²) in [5, 5.41) is 11.5. The molecule has 5 heteroatoms. The summed E-state index contributed by atoms with van der Waals surface area (Å²) in [5.74, 6) is 1.27. The SMILES string of the molecule is CCOc1cc(CCC(=S)NC)ccc1OCC#N. The van der Waals surface area contributed by atoms with E-state index in [1.165, 1.54) is 0 Å². The van der Waals surface area contributed by atoms with Gasteiger partial charge in [-0.3, -0.25) is 0 Å². The third kappa shape index (κ3) is 5.14. The molecule has 0 aliphatic heterocycles. The first-order valence-corrected chi connectivity index (χ1v) is 6.58. The monoisotopic (exact) mass is 278 g/mol. The Labute approximate surface area is 119 Å². The molecule has 0 spiro atoms. The number of nitrogens with zero attached hydrogens (tertiary/aromatic N) is 1. The first-order valence-electron chi connectivity index (χ1n) is 6.17. The fourth-order valence-electron chi connectivity index (χ4n) is 1.59. The standard InChI is InChI=1S/C14H18N2O2S/c1-3-17-13-10-11(5-7-14(19)16-2)4-6-12(13)18-9-8-15/h4,6,10H,3,5,7,9H2,1-2H3,(H,16,19). The first-order chi connectivity index (χ1) is 9.21. The van der Waals surface area contributed by atoms with Crippen molar-refractivity contribution >= 4 is 17.2 Å². The van der Waals surface area contributed by atoms with Gasteiger partial charge in [-0.25, -0.2) is 0 Å². The van der Waals surface area contributed by atoms with E-state index in [1.807, 2.05) is 38.2 Å². The Morgan fingerprint density at radius 3 is 2.79 bits per heavy atom. The maximum Gasteiger partial charge on any atom is 0.174 e. The Morgan fingerprint density at radius 2 is 2.16 bits per heavy atom. The smallest absolute Gasteiger partial charge is 0.174 e. The normalized spacial score (nSPS) is 9.53. The fourth-order valence-corrected chi connectivity index (χ4v) is 1.69. The quantitative estimate of drug-likeness (QED) is 0.776. The number of ether oxygens (including phenoxy) is 2. The van der Waals surface area contributed by atoms with Crippen LogP contribution in [0.15, 0.2) is 18.2 Å². The van der Waals surface area contributed by atoms with Crippen LogP contribution >= 0.6 is 12.2 Å². The highest BCUT2D eigenvalue weighted by Gasteiger charge is 2.07. The zero-order valence-electron chi connectivity index (χ0n) is 11.2. The number of thiocarbonyl (C=S) groups is 1. The van der Waals surface area contributed by atoms with E-state index in [2.05, 4.69) is 5.32 Å². The topological polar surface area (TPSA) is 54.3 Å². The van der Waals surface area contributed by atoms with Crippen molar-refractivity contribution < 1.29 is 9.47 Å². The largest absolute Gasteiger partial charge is 0.490 e. The van der Waals surface area contributed by atoms with Gasteiger partial charge in [0.2, 0.25) is 0 Å². The van der Waals surface area contributed by atoms with Crippen LogP contribution in [0, 0.1) is 11.3 Å². The van der Waals surface area contributed by atoms with Crippen molar-refractivity contribution in [3.8, 4) is 17.6 Å². The first kappa shape index (κ1) is 15.3. The Morgan fingerprint density at radius 1 is 1.37 bits per heavy atom. The van der Waals surface area contributed by atoms with E-state index in [9.17, 15) is 0 Å². The van der Waals surface area contributed by atoms with Crippen LogP contribution in [-0.2, 0) is 6.42 Å². The van der Waals surface area contributed by atoms with Crippen molar-refractivity contribution in [2.45, 2.75) is 19.8 Å². The zero-order chi connectivity index (χ0) is 14.1. The van der Waals surface area contributed by atoms with Gasteiger partial charge in [0.15, 0.2) is 18.1 Å². The highest BCUT2D eigenvalue weighted by Crippen LogP contribution is 2.28. The molecule has 1 N–H and O–H groups in total. The molecule has 0 atom stereocenters. The molecule has 0 aliphatic carbocycles. The summed E-state index contributed by atoms with van der Waals surface area (Å²) in [7, 11) is 1.83. The molecule has 1 aromatic carbocycles. The lowest BCUT2D eigenvalue weighted by Crippen LogP contribution is -2.15. The van der Waals surface area contributed by atoms with E-state index < -0.39 is 0 Å². The van der Waals surface area contributed by atoms with Gasteiger partial charge in [-0.15, -0.1) is 0 Å². The second-order valence-corrected chi connectivity index (χ2v) is 4.33. The van der Waals surface area contributed by atoms with Crippen molar-refractivity contribution in [1.29, 1.82) is 5.26 Å². The van der Waals surface area contributed by atoms with E-state index in [1.54, 1.807) is 0 Å². The highest BCUT2D eigenvalue weighted by atomic mass is 32.1. The summed E-state index contributed by atoms with van der Waals surface area (Å²) in [6, 6.07) is 7.68. The number of hydrogen-bond acceptors (Lipinski definition) is 4. The van der Waals surface area contributed by atoms with E-state index in [-0.39, 0.29) is 6.61 Å². The van der Waals surface area contributed by atoms with Gasteiger partial charge in [-0.2, -0.15) is 5.26 Å². The maximum absolute atomic E-state index is 8.54. The number of hydrogen-bond donors (Lipinski definition) is 1. The number of rotatable bonds is 7. The average molecular weight is 278 g/mol. The lowest BCUT2D eigenvalue weighted by Gasteiger charge is -2.12. The molecular weight excluding hydrogens is 260 g/mol. The number of aryl methyl sites for hydroxylation is 1. The van der Waals surface area contributed by atoms with Crippen molar-refractivity contribution in [2.24, 2.45) is 0 Å². The van der Waals surface area contributed by atoms with Crippen LogP contribution in [0.1, 0.15) is 18.9 Å². The Hall–Kier alpha value is -1.80. The molecule has 102 valence electrons. The molecule has 0 bridgehead atoms. The summed E-state index contributed by atoms with van der Waals surface area (Å²) in [5.41, 5.74) is 1.13. The second kappa shape index (κ2) is 8.33. The van der Waals surface area contributed by atoms with Gasteiger partial charge >= 0.3 is 0 Å². The van der Waals surface area contributed by atoms with Gasteiger partial charge < -0.3 is 14.8 Å². The van der Waals surface area contributed by atoms with Crippen molar-refractivity contribution in [2.75, 3.05) is 20.3 Å². The minimum absolute atomic E-state index is 0.0171. The molecule has 0 unspecified atom stereocenters. The van der Waals surface area contributed by atoms with Crippen LogP contribution in [0.25, 0.3) is 0 Å². The summed E-state index contributed by atoms with van der Waals surface area (Å²) < 4.78 is 10.8. The highest BCUT2D eigenvalue weighted by molar-refractivity contribution is 7.80. The molecule has 19 heavy (non-hydrogen) atoms. The van der Waals surface area contributed by atoms with Gasteiger partial charge in [0.25, 0.3) is 0 Å². The molecule has 0 aliphatic rings. The Kier molecular flexibility index (Phi) is 6.69. The zero-order valence-corrected chi connectivity index (χ0v) is 12.0. The minimum Gasteiger partial charge on any atom is -0.490 e. The van der Waals surface area contributed by atoms with Crippen LogP contribution in [0.3, 0.4) is 0 Å². The van der Waals surface area contributed by atoms with Gasteiger partial charge in [0.05, 0.1) is 11.6 Å². The molecule has 4 nitrogen and oxygen atoms in total. The van der Waals surface area contributed by atoms with Crippen LogP contribution in [0.2, 0.25) is 0 Å². The van der Waals surface area contributed by atoms with Crippen LogP contribution in [-0.4, -0.2) is 25.2 Å². The molecule has 1 aromatic rings. The molecule has 0 amide bonds. The fraction of sp³-hybridized carbons (Fsp3) is 0.429. The molecular formula is C14H18N2O2S. The van der Waals surface area contributed by atoms with Crippen molar-refractivity contribution in [3.63, 3.8) is 0 Å². The minimum atomic E-state index is 0.0171. The molecule has 0 aromatic heterocycles. The van der Waals surface area contributed by atoms with Crippen molar-refractivity contribution in [1.82, 2.24) is 5.32 Å². The molecule has 0 saturated carbocycles. The van der Waals surface area contributed by atoms with E-state index in [4.69, 9.17) is 27.0 Å². The summed E-state index contributed by atoms with van der Waals surface area (Å²) in [6.45, 7) is 2.49. The van der Waals surface area contributed by atoms with Gasteiger partial charge in [0.1, 0.15) is 6.07 Å². The third-order valence-electron chi connectivity index (χ3n) is 2.52. The van der Waals surface area contributed by atoms with Crippen LogP contribution in [0.5, 0.6) is 11.5 Å². The number of nitrogens with one attached hydrogen (secondary N) is 1. The third-order valence-corrected chi connectivity index (χ3v) is 2.93. The molecule has 0 heterocycles. The van der Waals surface area contributed by atoms with E-state index >= 15 is 0 Å². The Bertz CT molecular complexity index is 469. The lowest BCUT2D eigenvalue weighted by molar-refractivity contribution is 0.298. The van der Waals surface area contributed by atoms with Gasteiger partial charge in [0, 0.05) is 13.5 Å². The number of nitriles is 1. The van der Waals surface area contributed by atoms with Crippen LogP contribution in [0.4, 0.5) is 0 Å². The molecule has 0 saturated heterocycles. The van der Waals surface area contributed by atoms with Gasteiger partial charge in [-0.05, 0) is 31.0 Å². The van der Waals surface area contributed by atoms with Gasteiger partial charge in [-0.1, -0.05) is 18.3 Å². The molecule has 0 fully saturated rings. The molecule has 0 radical (unpaired) electrons. The predicted octanol–water partition coefficient (Wildman–Crippen LogP) is 2.47. The van der Waals surface area contributed by atoms with Crippen LogP contribution < -0.4 is 14.8 Å². The lowest BCUT2D eigenvalue weighted by atomic mass is 10.1.